The molecule has 0 radical (unpaired) electrons. The van der Waals surface area contributed by atoms with Gasteiger partial charge in [0.05, 0.1) is 5.56 Å². The molecule has 0 spiro atoms. The van der Waals surface area contributed by atoms with Crippen molar-refractivity contribution in [1.29, 1.82) is 0 Å². The molecule has 12 heavy (non-hydrogen) atoms. The Kier molecular flexibility index (Phi) is 1.93. The van der Waals surface area contributed by atoms with Gasteiger partial charge in [0.25, 0.3) is 5.24 Å². The van der Waals surface area contributed by atoms with Crippen LogP contribution in [0.2, 0.25) is 0 Å². The summed E-state index contributed by atoms with van der Waals surface area (Å²) in [5.41, 5.74) is 3.01. The molecule has 64 valence electrons. The van der Waals surface area contributed by atoms with Crippen molar-refractivity contribution in [1.82, 2.24) is 4.98 Å². The summed E-state index contributed by atoms with van der Waals surface area (Å²) in [7, 11) is 0. The van der Waals surface area contributed by atoms with Crippen LogP contribution in [-0.2, 0) is 12.8 Å². The first-order chi connectivity index (χ1) is 5.79. The molecule has 0 unspecified atom stereocenters. The van der Waals surface area contributed by atoms with Crippen LogP contribution in [0.15, 0.2) is 6.20 Å². The van der Waals surface area contributed by atoms with Crippen LogP contribution in [0.4, 0.5) is 0 Å². The number of rotatable bonds is 1. The summed E-state index contributed by atoms with van der Waals surface area (Å²) in [5.74, 6) is 0. The molecule has 1 heterocycles. The number of aryl methyl sites for hydroxylation is 1. The fourth-order valence-corrected chi connectivity index (χ4v) is 1.95. The first-order valence-corrected chi connectivity index (χ1v) is 4.56. The van der Waals surface area contributed by atoms with Gasteiger partial charge in [0, 0.05) is 11.9 Å². The standard InChI is InChI=1S/C9H10ClNO/c10-9(12)7-5-11-8-4-2-1-3-6(7)8/h5,11H,1-4H2. The Morgan fingerprint density at radius 3 is 2.92 bits per heavy atom. The van der Waals surface area contributed by atoms with E-state index in [0.29, 0.717) is 5.56 Å². The first-order valence-electron chi connectivity index (χ1n) is 4.18. The SMILES string of the molecule is O=C(Cl)c1c[nH]c2c1CCCC2. The molecule has 1 N–H and O–H groups in total. The van der Waals surface area contributed by atoms with Crippen molar-refractivity contribution in [3.05, 3.63) is 23.0 Å². The lowest BCUT2D eigenvalue weighted by Crippen LogP contribution is -2.03. The van der Waals surface area contributed by atoms with Crippen LogP contribution >= 0.6 is 11.6 Å². The van der Waals surface area contributed by atoms with Crippen molar-refractivity contribution >= 4 is 16.8 Å². The second-order valence-corrected chi connectivity index (χ2v) is 3.48. The lowest BCUT2D eigenvalue weighted by molar-refractivity contribution is 0.108. The normalized spacial score (nSPS) is 15.8. The largest absolute Gasteiger partial charge is 0.364 e. The maximum atomic E-state index is 10.9. The fraction of sp³-hybridized carbons (Fsp3) is 0.444. The Labute approximate surface area is 75.9 Å². The summed E-state index contributed by atoms with van der Waals surface area (Å²) in [6, 6.07) is 0. The van der Waals surface area contributed by atoms with E-state index in [9.17, 15) is 4.79 Å². The van der Waals surface area contributed by atoms with Crippen LogP contribution in [0, 0.1) is 0 Å². The molecule has 0 saturated carbocycles. The van der Waals surface area contributed by atoms with Crippen molar-refractivity contribution in [3.8, 4) is 0 Å². The van der Waals surface area contributed by atoms with Crippen LogP contribution in [0.1, 0.15) is 34.5 Å². The molecule has 0 amide bonds. The van der Waals surface area contributed by atoms with Crippen LogP contribution in [0.25, 0.3) is 0 Å². The summed E-state index contributed by atoms with van der Waals surface area (Å²) in [6.07, 6.45) is 6.16. The summed E-state index contributed by atoms with van der Waals surface area (Å²) < 4.78 is 0. The van der Waals surface area contributed by atoms with Gasteiger partial charge in [-0.15, -0.1) is 0 Å². The van der Waals surface area contributed by atoms with Crippen molar-refractivity contribution in [2.45, 2.75) is 25.7 Å². The van der Waals surface area contributed by atoms with Gasteiger partial charge in [0.1, 0.15) is 0 Å². The van der Waals surface area contributed by atoms with E-state index in [-0.39, 0.29) is 5.24 Å². The quantitative estimate of drug-likeness (QED) is 0.666. The molecule has 1 aromatic rings. The minimum absolute atomic E-state index is 0.339. The van der Waals surface area contributed by atoms with Crippen LogP contribution in [-0.4, -0.2) is 10.2 Å². The number of hydrogen-bond acceptors (Lipinski definition) is 1. The lowest BCUT2D eigenvalue weighted by Gasteiger charge is -2.10. The minimum Gasteiger partial charge on any atom is -0.364 e. The minimum atomic E-state index is -0.339. The zero-order chi connectivity index (χ0) is 8.55. The number of halogens is 1. The topological polar surface area (TPSA) is 32.9 Å². The van der Waals surface area contributed by atoms with E-state index >= 15 is 0 Å². The molecule has 0 fully saturated rings. The zero-order valence-corrected chi connectivity index (χ0v) is 7.45. The number of hydrogen-bond donors (Lipinski definition) is 1. The number of carbonyl (C=O) groups is 1. The molecular weight excluding hydrogens is 174 g/mol. The molecular formula is C9H10ClNO. The molecule has 2 rings (SSSR count). The first kappa shape index (κ1) is 7.87. The highest BCUT2D eigenvalue weighted by Gasteiger charge is 2.17. The second-order valence-electron chi connectivity index (χ2n) is 3.14. The molecule has 3 heteroatoms. The van der Waals surface area contributed by atoms with Gasteiger partial charge in [0.2, 0.25) is 0 Å². The molecule has 0 aromatic carbocycles. The van der Waals surface area contributed by atoms with Gasteiger partial charge in [-0.05, 0) is 42.8 Å². The molecule has 0 atom stereocenters. The predicted octanol–water partition coefficient (Wildman–Crippen LogP) is 2.27. The summed E-state index contributed by atoms with van der Waals surface area (Å²) in [5, 5.41) is -0.339. The van der Waals surface area contributed by atoms with Crippen molar-refractivity contribution in [2.75, 3.05) is 0 Å². The molecule has 1 aliphatic rings. The number of aromatic nitrogens is 1. The van der Waals surface area contributed by atoms with Crippen LogP contribution in [0.5, 0.6) is 0 Å². The second kappa shape index (κ2) is 2.94. The Hall–Kier alpha value is -0.760. The average Bonchev–Trinajstić information content (AvgIpc) is 2.47. The molecule has 0 bridgehead atoms. The number of fused-ring (bicyclic) bond motifs is 1. The van der Waals surface area contributed by atoms with Crippen LogP contribution < -0.4 is 0 Å². The van der Waals surface area contributed by atoms with Crippen molar-refractivity contribution in [3.63, 3.8) is 0 Å². The van der Waals surface area contributed by atoms with E-state index in [1.54, 1.807) is 6.20 Å². The Morgan fingerprint density at radius 1 is 1.42 bits per heavy atom. The third-order valence-corrected chi connectivity index (χ3v) is 2.60. The van der Waals surface area contributed by atoms with Gasteiger partial charge >= 0.3 is 0 Å². The number of aromatic amines is 1. The molecule has 0 saturated heterocycles. The highest BCUT2D eigenvalue weighted by molar-refractivity contribution is 6.67. The van der Waals surface area contributed by atoms with E-state index in [2.05, 4.69) is 4.98 Å². The Bertz CT molecular complexity index is 316. The Balaban J connectivity index is 2.44. The molecule has 0 aliphatic heterocycles. The Morgan fingerprint density at radius 2 is 2.17 bits per heavy atom. The lowest BCUT2D eigenvalue weighted by atomic mass is 9.95. The van der Waals surface area contributed by atoms with Gasteiger partial charge in [-0.3, -0.25) is 4.79 Å². The highest BCUT2D eigenvalue weighted by atomic mass is 35.5. The van der Waals surface area contributed by atoms with E-state index in [1.165, 1.54) is 18.5 Å². The van der Waals surface area contributed by atoms with Gasteiger partial charge in [-0.25, -0.2) is 0 Å². The van der Waals surface area contributed by atoms with E-state index < -0.39 is 0 Å². The highest BCUT2D eigenvalue weighted by Crippen LogP contribution is 2.24. The van der Waals surface area contributed by atoms with Crippen molar-refractivity contribution < 1.29 is 4.79 Å². The van der Waals surface area contributed by atoms with E-state index in [1.807, 2.05) is 0 Å². The van der Waals surface area contributed by atoms with Crippen molar-refractivity contribution in [2.24, 2.45) is 0 Å². The zero-order valence-electron chi connectivity index (χ0n) is 6.69. The summed E-state index contributed by atoms with van der Waals surface area (Å²) >= 11 is 5.42. The molecule has 2 nitrogen and oxygen atoms in total. The molecule has 1 aliphatic carbocycles. The maximum absolute atomic E-state index is 10.9. The van der Waals surface area contributed by atoms with Crippen LogP contribution in [0.3, 0.4) is 0 Å². The monoisotopic (exact) mass is 183 g/mol. The summed E-state index contributed by atoms with van der Waals surface area (Å²) in [4.78, 5) is 14.0. The maximum Gasteiger partial charge on any atom is 0.254 e. The number of H-pyrrole nitrogens is 1. The van der Waals surface area contributed by atoms with Gasteiger partial charge in [-0.1, -0.05) is 0 Å². The van der Waals surface area contributed by atoms with Gasteiger partial charge in [0.15, 0.2) is 0 Å². The van der Waals surface area contributed by atoms with E-state index in [0.717, 1.165) is 18.4 Å². The summed E-state index contributed by atoms with van der Waals surface area (Å²) in [6.45, 7) is 0. The third kappa shape index (κ3) is 1.16. The predicted molar refractivity (Wildman–Crippen MR) is 47.6 cm³/mol. The number of carbonyl (C=O) groups excluding carboxylic acids is 1. The van der Waals surface area contributed by atoms with Gasteiger partial charge < -0.3 is 4.98 Å². The average molecular weight is 184 g/mol. The van der Waals surface area contributed by atoms with E-state index in [4.69, 9.17) is 11.6 Å². The fourth-order valence-electron chi connectivity index (χ4n) is 1.78. The molecule has 1 aromatic heterocycles. The van der Waals surface area contributed by atoms with Gasteiger partial charge in [-0.2, -0.15) is 0 Å². The third-order valence-electron chi connectivity index (χ3n) is 2.40. The smallest absolute Gasteiger partial charge is 0.254 e. The number of nitrogens with one attached hydrogen (secondary N) is 1.